The molecule has 0 spiro atoms. The first-order valence-electron chi connectivity index (χ1n) is 1.98. The molecule has 0 radical (unpaired) electrons. The number of hydrogen-bond donors (Lipinski definition) is 0. The summed E-state index contributed by atoms with van der Waals surface area (Å²) in [6.45, 7) is 0. The molecule has 0 aliphatic rings. The van der Waals surface area contributed by atoms with Crippen LogP contribution < -0.4 is 0 Å². The molecule has 0 saturated carbocycles. The van der Waals surface area contributed by atoms with Crippen LogP contribution in [0.2, 0.25) is 0 Å². The van der Waals surface area contributed by atoms with Crippen molar-refractivity contribution in [3.05, 3.63) is 18.7 Å². The summed E-state index contributed by atoms with van der Waals surface area (Å²) in [6, 6.07) is 0. The molecule has 0 saturated heterocycles. The number of aromatic nitrogens is 2. The topological polar surface area (TPSA) is 34.9 Å². The molecule has 0 unspecified atom stereocenters. The number of carbonyl (C=O) groups is 1. The maximum atomic E-state index is 10.2. The van der Waals surface area contributed by atoms with Crippen molar-refractivity contribution in [3.8, 4) is 0 Å². The van der Waals surface area contributed by atoms with Gasteiger partial charge in [0.15, 0.2) is 0 Å². The predicted octanol–water partition coefficient (Wildman–Crippen LogP) is 1.20. The molecule has 0 aliphatic carbocycles. The van der Waals surface area contributed by atoms with E-state index in [1.165, 1.54) is 23.3 Å². The van der Waals surface area contributed by atoms with Crippen molar-refractivity contribution in [1.29, 1.82) is 0 Å². The minimum atomic E-state index is -0.539. The molecule has 1 rings (SSSR count). The second kappa shape index (κ2) is 1.96. The second-order valence-corrected chi connectivity index (χ2v) is 1.55. The Morgan fingerprint density at radius 3 is 2.88 bits per heavy atom. The van der Waals surface area contributed by atoms with Crippen molar-refractivity contribution in [1.82, 2.24) is 9.55 Å². The summed E-state index contributed by atoms with van der Waals surface area (Å²) in [7, 11) is 0. The molecule has 3 nitrogen and oxygen atoms in total. The van der Waals surface area contributed by atoms with Crippen LogP contribution in [0, 0.1) is 0 Å². The Balaban J connectivity index is 0.000000640. The van der Waals surface area contributed by atoms with Crippen LogP contribution >= 0.6 is 11.6 Å². The van der Waals surface area contributed by atoms with Gasteiger partial charge in [0, 0.05) is 12.4 Å². The molecule has 0 aliphatic heterocycles. The van der Waals surface area contributed by atoms with Crippen LogP contribution in [0.5, 0.6) is 0 Å². The Morgan fingerprint density at radius 2 is 2.62 bits per heavy atom. The highest BCUT2D eigenvalue weighted by Crippen LogP contribution is 1.89. The van der Waals surface area contributed by atoms with Gasteiger partial charge in [-0.1, -0.05) is 0 Å². The third-order valence-corrected chi connectivity index (χ3v) is 0.903. The molecule has 1 heterocycles. The van der Waals surface area contributed by atoms with E-state index < -0.39 is 5.37 Å². The Bertz CT molecular complexity index is 186. The molecule has 0 N–H and O–H groups in total. The minimum absolute atomic E-state index is 0. The maximum absolute atomic E-state index is 10.2. The van der Waals surface area contributed by atoms with Gasteiger partial charge in [0.25, 0.3) is 0 Å². The van der Waals surface area contributed by atoms with Crippen molar-refractivity contribution < 1.29 is 6.22 Å². The van der Waals surface area contributed by atoms with Crippen molar-refractivity contribution in [2.45, 2.75) is 0 Å². The van der Waals surface area contributed by atoms with E-state index in [0.29, 0.717) is 0 Å². The lowest BCUT2D eigenvalue weighted by Gasteiger charge is -1.84. The van der Waals surface area contributed by atoms with Gasteiger partial charge in [-0.25, -0.2) is 4.98 Å². The lowest BCUT2D eigenvalue weighted by molar-refractivity contribution is 0.261. The summed E-state index contributed by atoms with van der Waals surface area (Å²) in [5.74, 6) is 0. The number of hydrogen-bond acceptors (Lipinski definition) is 2. The fourth-order valence-electron chi connectivity index (χ4n) is 0.363. The fourth-order valence-corrected chi connectivity index (χ4v) is 0.463. The number of nitrogens with zero attached hydrogens (tertiary/aromatic N) is 2. The maximum Gasteiger partial charge on any atom is 1.00 e. The van der Waals surface area contributed by atoms with Gasteiger partial charge in [-0.05, 0) is 11.6 Å². The molecule has 8 heavy (non-hydrogen) atoms. The van der Waals surface area contributed by atoms with Gasteiger partial charge < -0.3 is 0 Å². The summed E-state index contributed by atoms with van der Waals surface area (Å²) >= 11 is 5.03. The van der Waals surface area contributed by atoms with Gasteiger partial charge in [-0.3, -0.25) is 9.36 Å². The van der Waals surface area contributed by atoms with E-state index in [0.717, 1.165) is 0 Å². The molecule has 0 atom stereocenters. The normalized spacial score (nSPS) is 9.12. The highest BCUT2D eigenvalue weighted by Gasteiger charge is 1.93. The molecule has 42 valence electrons. The van der Waals surface area contributed by atoms with E-state index in [9.17, 15) is 4.79 Å². The van der Waals surface area contributed by atoms with Crippen molar-refractivity contribution in [3.63, 3.8) is 0 Å². The van der Waals surface area contributed by atoms with Crippen LogP contribution in [0.25, 0.3) is 0 Å². The zero-order valence-electron chi connectivity index (χ0n) is 4.91. The third kappa shape index (κ3) is 0.869. The highest BCUT2D eigenvalue weighted by atomic mass is 35.5. The summed E-state index contributed by atoms with van der Waals surface area (Å²) in [4.78, 5) is 13.8. The number of halogens is 1. The van der Waals surface area contributed by atoms with Gasteiger partial charge in [0.05, 0.1) is 0 Å². The largest absolute Gasteiger partial charge is 1.00 e. The molecule has 1 aromatic heterocycles. The number of carbonyl (C=O) groups excluding carboxylic acids is 1. The molecule has 0 fully saturated rings. The molecule has 0 aromatic carbocycles. The number of rotatable bonds is 0. The van der Waals surface area contributed by atoms with E-state index in [4.69, 9.17) is 11.6 Å². The van der Waals surface area contributed by atoms with Crippen LogP contribution in [-0.2, 0) is 0 Å². The predicted molar refractivity (Wildman–Crippen MR) is 30.0 cm³/mol. The van der Waals surface area contributed by atoms with E-state index in [2.05, 4.69) is 4.98 Å². The summed E-state index contributed by atoms with van der Waals surface area (Å²) in [5, 5.41) is -0.539. The number of imidazole rings is 1. The van der Waals surface area contributed by atoms with Gasteiger partial charge in [0.2, 0.25) is 0 Å². The zero-order valence-corrected chi connectivity index (χ0v) is 4.67. The second-order valence-electron chi connectivity index (χ2n) is 1.22. The average Bonchev–Trinajstić information content (AvgIpc) is 2.12. The Morgan fingerprint density at radius 1 is 1.88 bits per heavy atom. The molecular formula is C4H4ClN2O+. The lowest BCUT2D eigenvalue weighted by Crippen LogP contribution is -1.95. The minimum Gasteiger partial charge on any atom is -0.263 e. The molecule has 0 amide bonds. The SMILES string of the molecule is O=C(Cl)n1ccnc1.[H+]. The molecule has 0 bridgehead atoms. The van der Waals surface area contributed by atoms with Crippen LogP contribution in [0.4, 0.5) is 4.79 Å². The van der Waals surface area contributed by atoms with E-state index in [1.807, 2.05) is 0 Å². The van der Waals surface area contributed by atoms with Crippen molar-refractivity contribution >= 4 is 17.0 Å². The molecule has 4 heteroatoms. The quantitative estimate of drug-likeness (QED) is 0.496. The van der Waals surface area contributed by atoms with Gasteiger partial charge in [-0.15, -0.1) is 0 Å². The third-order valence-electron chi connectivity index (χ3n) is 0.707. The first-order valence-corrected chi connectivity index (χ1v) is 2.36. The van der Waals surface area contributed by atoms with Crippen LogP contribution in [-0.4, -0.2) is 14.9 Å². The standard InChI is InChI=1S/C4H3ClN2O/c5-4(8)7-2-1-6-3-7/h1-3H/p+1. The summed E-state index contributed by atoms with van der Waals surface area (Å²) < 4.78 is 1.18. The van der Waals surface area contributed by atoms with E-state index in [-0.39, 0.29) is 1.43 Å². The summed E-state index contributed by atoms with van der Waals surface area (Å²) in [5.41, 5.74) is 0. The lowest BCUT2D eigenvalue weighted by atomic mass is 10.9. The van der Waals surface area contributed by atoms with Crippen molar-refractivity contribution in [2.75, 3.05) is 0 Å². The van der Waals surface area contributed by atoms with Gasteiger partial charge in [-0.2, -0.15) is 0 Å². The van der Waals surface area contributed by atoms with Crippen LogP contribution in [0.15, 0.2) is 18.7 Å². The summed E-state index contributed by atoms with van der Waals surface area (Å²) in [6.07, 6.45) is 4.31. The van der Waals surface area contributed by atoms with Crippen LogP contribution in [0.1, 0.15) is 1.43 Å². The van der Waals surface area contributed by atoms with Crippen LogP contribution in [0.3, 0.4) is 0 Å². The zero-order chi connectivity index (χ0) is 5.98. The van der Waals surface area contributed by atoms with Crippen molar-refractivity contribution in [2.24, 2.45) is 0 Å². The Hall–Kier alpha value is -0.830. The van der Waals surface area contributed by atoms with Gasteiger partial charge >= 0.3 is 6.79 Å². The van der Waals surface area contributed by atoms with Gasteiger partial charge in [0.1, 0.15) is 6.33 Å². The first-order chi connectivity index (χ1) is 3.80. The van der Waals surface area contributed by atoms with E-state index in [1.54, 1.807) is 0 Å². The van der Waals surface area contributed by atoms with E-state index >= 15 is 0 Å². The highest BCUT2D eigenvalue weighted by molar-refractivity contribution is 6.63. The molecule has 1 aromatic rings. The Labute approximate surface area is 52.4 Å². The smallest absolute Gasteiger partial charge is 0.263 e. The average molecular weight is 132 g/mol. The monoisotopic (exact) mass is 131 g/mol. The Kier molecular flexibility index (Phi) is 1.30. The molecular weight excluding hydrogens is 128 g/mol. The fraction of sp³-hybridized carbons (Fsp3) is 0. The first kappa shape index (κ1) is 5.31.